The van der Waals surface area contributed by atoms with E-state index in [4.69, 9.17) is 4.74 Å². The van der Waals surface area contributed by atoms with Crippen LogP contribution in [0.3, 0.4) is 0 Å². The zero-order chi connectivity index (χ0) is 22.8. The smallest absolute Gasteiger partial charge is 0.247 e. The van der Waals surface area contributed by atoms with Crippen molar-refractivity contribution in [1.29, 1.82) is 0 Å². The lowest BCUT2D eigenvalue weighted by atomic mass is 10.1. The molecule has 33 heavy (non-hydrogen) atoms. The van der Waals surface area contributed by atoms with Crippen LogP contribution in [0.25, 0.3) is 16.9 Å². The number of hydrogen-bond donors (Lipinski definition) is 2. The van der Waals surface area contributed by atoms with Gasteiger partial charge in [-0.2, -0.15) is 4.98 Å². The molecule has 0 saturated carbocycles. The molecule has 1 aliphatic heterocycles. The fourth-order valence-electron chi connectivity index (χ4n) is 3.69. The van der Waals surface area contributed by atoms with E-state index in [1.807, 2.05) is 12.1 Å². The maximum absolute atomic E-state index is 11.4. The predicted molar refractivity (Wildman–Crippen MR) is 127 cm³/mol. The largest absolute Gasteiger partial charge is 0.378 e. The van der Waals surface area contributed by atoms with Gasteiger partial charge in [0.25, 0.3) is 0 Å². The van der Waals surface area contributed by atoms with E-state index in [2.05, 4.69) is 42.1 Å². The van der Waals surface area contributed by atoms with Crippen molar-refractivity contribution in [3.8, 4) is 11.3 Å². The van der Waals surface area contributed by atoms with Gasteiger partial charge < -0.3 is 15.0 Å². The first-order valence-corrected chi connectivity index (χ1v) is 12.3. The lowest BCUT2D eigenvalue weighted by molar-refractivity contribution is 0.122. The number of nitrogens with one attached hydrogen (secondary N) is 2. The summed E-state index contributed by atoms with van der Waals surface area (Å²) >= 11 is 0. The number of rotatable bonds is 6. The minimum absolute atomic E-state index is 0.457. The molecule has 3 heterocycles. The van der Waals surface area contributed by atoms with Crippen LogP contribution < -0.4 is 14.9 Å². The summed E-state index contributed by atoms with van der Waals surface area (Å²) < 4.78 is 32.4. The van der Waals surface area contributed by atoms with Crippen molar-refractivity contribution in [1.82, 2.24) is 19.6 Å². The van der Waals surface area contributed by atoms with Crippen LogP contribution >= 0.6 is 0 Å². The van der Waals surface area contributed by atoms with E-state index in [0.717, 1.165) is 49.5 Å². The molecule has 2 aromatic carbocycles. The van der Waals surface area contributed by atoms with Gasteiger partial charge in [-0.3, -0.25) is 9.71 Å². The summed E-state index contributed by atoms with van der Waals surface area (Å²) in [5, 5.41) is 7.75. The van der Waals surface area contributed by atoms with Crippen LogP contribution in [0.4, 0.5) is 23.0 Å². The van der Waals surface area contributed by atoms with E-state index in [1.165, 1.54) is 0 Å². The summed E-state index contributed by atoms with van der Waals surface area (Å²) in [5.41, 5.74) is 4.56. The van der Waals surface area contributed by atoms with Gasteiger partial charge in [-0.1, -0.05) is 12.1 Å². The molecule has 0 spiro atoms. The molecule has 0 bridgehead atoms. The summed E-state index contributed by atoms with van der Waals surface area (Å²) in [6.07, 6.45) is 4.50. The molecule has 5 rings (SSSR count). The van der Waals surface area contributed by atoms with Crippen molar-refractivity contribution in [3.05, 3.63) is 60.9 Å². The summed E-state index contributed by atoms with van der Waals surface area (Å²) in [4.78, 5) is 11.4. The highest BCUT2D eigenvalue weighted by Crippen LogP contribution is 2.25. The van der Waals surface area contributed by atoms with Gasteiger partial charge in [-0.25, -0.2) is 12.9 Å². The van der Waals surface area contributed by atoms with Crippen molar-refractivity contribution in [2.75, 3.05) is 47.5 Å². The van der Waals surface area contributed by atoms with Gasteiger partial charge in [0.2, 0.25) is 16.0 Å². The Morgan fingerprint density at radius 2 is 1.67 bits per heavy atom. The number of sulfonamides is 1. The molecule has 0 unspecified atom stereocenters. The van der Waals surface area contributed by atoms with Crippen molar-refractivity contribution < 1.29 is 13.2 Å². The summed E-state index contributed by atoms with van der Waals surface area (Å²) in [6.45, 7) is 3.28. The Morgan fingerprint density at radius 3 is 2.36 bits per heavy atom. The Kier molecular flexibility index (Phi) is 5.56. The third-order valence-electron chi connectivity index (χ3n) is 5.22. The van der Waals surface area contributed by atoms with Crippen LogP contribution in [0.2, 0.25) is 0 Å². The predicted octanol–water partition coefficient (Wildman–Crippen LogP) is 2.74. The first-order chi connectivity index (χ1) is 15.9. The molecule has 1 fully saturated rings. The van der Waals surface area contributed by atoms with E-state index >= 15 is 0 Å². The number of ether oxygens (including phenoxy) is 1. The topological polar surface area (TPSA) is 114 Å². The second-order valence-electron chi connectivity index (χ2n) is 7.70. The molecule has 10 nitrogen and oxygen atoms in total. The Balaban J connectivity index is 1.36. The molecule has 2 aromatic heterocycles. The molecule has 0 amide bonds. The third kappa shape index (κ3) is 4.89. The zero-order valence-corrected chi connectivity index (χ0v) is 18.8. The van der Waals surface area contributed by atoms with Crippen LogP contribution in [0.1, 0.15) is 0 Å². The summed E-state index contributed by atoms with van der Waals surface area (Å²) in [6, 6.07) is 15.1. The number of fused-ring (bicyclic) bond motifs is 1. The first-order valence-electron chi connectivity index (χ1n) is 10.4. The van der Waals surface area contributed by atoms with Gasteiger partial charge in [0.1, 0.15) is 5.69 Å². The summed E-state index contributed by atoms with van der Waals surface area (Å²) in [5.74, 6) is 0.457. The molecular formula is C22H23N7O3S. The number of hydrogen-bond acceptors (Lipinski definition) is 8. The maximum atomic E-state index is 11.4. The first kappa shape index (κ1) is 21.2. The minimum atomic E-state index is -3.33. The Hall–Kier alpha value is -3.70. The van der Waals surface area contributed by atoms with E-state index in [0.29, 0.717) is 23.0 Å². The number of benzene rings is 2. The zero-order valence-electron chi connectivity index (χ0n) is 18.0. The van der Waals surface area contributed by atoms with Crippen molar-refractivity contribution >= 4 is 38.7 Å². The maximum Gasteiger partial charge on any atom is 0.247 e. The van der Waals surface area contributed by atoms with Gasteiger partial charge in [-0.05, 0) is 36.4 Å². The van der Waals surface area contributed by atoms with Gasteiger partial charge in [0.05, 0.1) is 19.5 Å². The highest BCUT2D eigenvalue weighted by Gasteiger charge is 2.13. The van der Waals surface area contributed by atoms with Crippen molar-refractivity contribution in [2.45, 2.75) is 0 Å². The van der Waals surface area contributed by atoms with Crippen LogP contribution in [-0.4, -0.2) is 60.6 Å². The molecular weight excluding hydrogens is 442 g/mol. The monoisotopic (exact) mass is 465 g/mol. The Labute approximate surface area is 191 Å². The minimum Gasteiger partial charge on any atom is -0.378 e. The average molecular weight is 466 g/mol. The highest BCUT2D eigenvalue weighted by molar-refractivity contribution is 7.92. The number of morpholine rings is 1. The number of anilines is 4. The SMILES string of the molecule is CS(=O)(=O)Nc1ccc(-c2nccn3nc(Nc4ccc(N5CCOCC5)cc4)nc23)cc1. The van der Waals surface area contributed by atoms with E-state index in [1.54, 1.807) is 41.2 Å². The fourth-order valence-corrected chi connectivity index (χ4v) is 4.25. The second kappa shape index (κ2) is 8.68. The lowest BCUT2D eigenvalue weighted by Crippen LogP contribution is -2.36. The van der Waals surface area contributed by atoms with Gasteiger partial charge in [0.15, 0.2) is 5.65 Å². The molecule has 11 heteroatoms. The highest BCUT2D eigenvalue weighted by atomic mass is 32.2. The Bertz CT molecular complexity index is 1360. The van der Waals surface area contributed by atoms with Crippen molar-refractivity contribution in [3.63, 3.8) is 0 Å². The number of aromatic nitrogens is 4. The molecule has 170 valence electrons. The third-order valence-corrected chi connectivity index (χ3v) is 5.82. The van der Waals surface area contributed by atoms with E-state index < -0.39 is 10.0 Å². The molecule has 0 aliphatic carbocycles. The van der Waals surface area contributed by atoms with Crippen LogP contribution in [0.5, 0.6) is 0 Å². The average Bonchev–Trinajstić information content (AvgIpc) is 3.22. The van der Waals surface area contributed by atoms with E-state index in [9.17, 15) is 8.42 Å². The number of nitrogens with zero attached hydrogens (tertiary/aromatic N) is 5. The molecule has 2 N–H and O–H groups in total. The van der Waals surface area contributed by atoms with E-state index in [-0.39, 0.29) is 0 Å². The molecule has 1 aliphatic rings. The fraction of sp³-hybridized carbons (Fsp3) is 0.227. The van der Waals surface area contributed by atoms with Crippen LogP contribution in [-0.2, 0) is 14.8 Å². The molecule has 0 radical (unpaired) electrons. The second-order valence-corrected chi connectivity index (χ2v) is 9.45. The summed E-state index contributed by atoms with van der Waals surface area (Å²) in [7, 11) is -3.33. The van der Waals surface area contributed by atoms with Crippen LogP contribution in [0, 0.1) is 0 Å². The molecule has 0 atom stereocenters. The molecule has 4 aromatic rings. The normalized spacial score (nSPS) is 14.4. The molecule has 1 saturated heterocycles. The lowest BCUT2D eigenvalue weighted by Gasteiger charge is -2.28. The van der Waals surface area contributed by atoms with Gasteiger partial charge in [-0.15, -0.1) is 5.10 Å². The van der Waals surface area contributed by atoms with Gasteiger partial charge in [0, 0.05) is 48.1 Å². The van der Waals surface area contributed by atoms with Gasteiger partial charge >= 0.3 is 0 Å². The quantitative estimate of drug-likeness (QED) is 0.447. The van der Waals surface area contributed by atoms with Crippen LogP contribution in [0.15, 0.2) is 60.9 Å². The van der Waals surface area contributed by atoms with Crippen molar-refractivity contribution in [2.24, 2.45) is 0 Å². The Morgan fingerprint density at radius 1 is 0.970 bits per heavy atom. The standard InChI is InChI=1S/C22H23N7O3S/c1-33(30,31)27-18-4-2-16(3-5-18)20-21-25-22(26-29(21)11-10-23-20)24-17-6-8-19(9-7-17)28-12-14-32-15-13-28/h2-11,27H,12-15H2,1H3,(H,24,26).